The summed E-state index contributed by atoms with van der Waals surface area (Å²) in [5.41, 5.74) is -0.460. The summed E-state index contributed by atoms with van der Waals surface area (Å²) < 4.78 is 1.16. The number of allylic oxidation sites excluding steroid dienone is 2. The van der Waals surface area contributed by atoms with Crippen LogP contribution in [-0.4, -0.2) is 15.5 Å². The van der Waals surface area contributed by atoms with Gasteiger partial charge in [-0.2, -0.15) is 0 Å². The third-order valence-corrected chi connectivity index (χ3v) is 8.60. The largest absolute Gasteiger partial charge is 0.298 e. The summed E-state index contributed by atoms with van der Waals surface area (Å²) in [5, 5.41) is 0. The Balaban J connectivity index is 2.48. The highest BCUT2D eigenvalue weighted by atomic mass is 79.9. The van der Waals surface area contributed by atoms with E-state index in [0.29, 0.717) is 5.78 Å². The molecule has 4 atom stereocenters. The molecule has 2 aliphatic carbocycles. The van der Waals surface area contributed by atoms with Gasteiger partial charge in [0.1, 0.15) is 5.78 Å². The molecule has 2 aliphatic rings. The van der Waals surface area contributed by atoms with Gasteiger partial charge >= 0.3 is 0 Å². The van der Waals surface area contributed by atoms with E-state index < -0.39 is 0 Å². The molecule has 0 saturated heterocycles. The third-order valence-electron chi connectivity index (χ3n) is 5.30. The highest BCUT2D eigenvalue weighted by Crippen LogP contribution is 2.61. The fourth-order valence-electron chi connectivity index (χ4n) is 3.50. The lowest BCUT2D eigenvalue weighted by Gasteiger charge is -2.55. The van der Waals surface area contributed by atoms with E-state index >= 15 is 0 Å². The summed E-state index contributed by atoms with van der Waals surface area (Å²) in [6.45, 7) is 8.41. The molecule has 1 nitrogen and oxygen atoms in total. The standard InChI is InChI=1S/C15H21Br2ClO/c1-9-7-10(16)13(2,3)15(12(9)19)6-5-14(4,18)11(17)8-15/h7,9,11H,5-6,8H2,1-4H3/t9-,11?,14?,15?/m0/s1. The Morgan fingerprint density at radius 1 is 1.32 bits per heavy atom. The molecule has 0 heterocycles. The summed E-state index contributed by atoms with van der Waals surface area (Å²) in [6, 6.07) is 0. The van der Waals surface area contributed by atoms with Crippen LogP contribution in [0.4, 0.5) is 0 Å². The first-order chi connectivity index (χ1) is 8.54. The van der Waals surface area contributed by atoms with E-state index in [1.807, 2.05) is 6.92 Å². The number of hydrogen-bond donors (Lipinski definition) is 0. The second-order valence-corrected chi connectivity index (χ2v) is 9.65. The van der Waals surface area contributed by atoms with Gasteiger partial charge in [-0.15, -0.1) is 11.6 Å². The van der Waals surface area contributed by atoms with E-state index in [1.54, 1.807) is 0 Å². The highest BCUT2D eigenvalue weighted by molar-refractivity contribution is 9.11. The van der Waals surface area contributed by atoms with Crippen molar-refractivity contribution in [3.63, 3.8) is 0 Å². The minimum atomic E-state index is -0.303. The highest BCUT2D eigenvalue weighted by Gasteiger charge is 2.59. The van der Waals surface area contributed by atoms with Crippen molar-refractivity contribution in [3.8, 4) is 0 Å². The van der Waals surface area contributed by atoms with Crippen molar-refractivity contribution in [2.24, 2.45) is 16.7 Å². The summed E-state index contributed by atoms with van der Waals surface area (Å²) in [6.07, 6.45) is 4.61. The van der Waals surface area contributed by atoms with E-state index in [9.17, 15) is 4.79 Å². The summed E-state index contributed by atoms with van der Waals surface area (Å²) in [7, 11) is 0. The van der Waals surface area contributed by atoms with Crippen molar-refractivity contribution in [3.05, 3.63) is 10.6 Å². The zero-order chi connectivity index (χ0) is 14.6. The SMILES string of the molecule is C[C@H]1C=C(Br)C(C)(C)C2(CCC(C)(Cl)C(Br)C2)C1=O. The number of hydrogen-bond acceptors (Lipinski definition) is 1. The summed E-state index contributed by atoms with van der Waals surface area (Å²) >= 11 is 14.0. The molecule has 0 aromatic rings. The normalized spacial score (nSPS) is 46.3. The number of carbonyl (C=O) groups excluding carboxylic acids is 1. The quantitative estimate of drug-likeness (QED) is 0.484. The molecule has 0 aromatic carbocycles. The van der Waals surface area contributed by atoms with Crippen LogP contribution in [0.5, 0.6) is 0 Å². The predicted molar refractivity (Wildman–Crippen MR) is 88.2 cm³/mol. The van der Waals surface area contributed by atoms with Crippen LogP contribution in [0.2, 0.25) is 0 Å². The molecule has 0 bridgehead atoms. The minimum absolute atomic E-state index is 0.0122. The maximum absolute atomic E-state index is 12.9. The molecule has 1 fully saturated rings. The second-order valence-electron chi connectivity index (χ2n) is 6.82. The van der Waals surface area contributed by atoms with Crippen molar-refractivity contribution in [1.29, 1.82) is 0 Å². The molecule has 0 amide bonds. The lowest BCUT2D eigenvalue weighted by atomic mass is 9.51. The topological polar surface area (TPSA) is 17.1 Å². The van der Waals surface area contributed by atoms with Crippen molar-refractivity contribution >= 4 is 49.2 Å². The molecule has 1 spiro atoms. The Bertz CT molecular complexity index is 441. The Hall–Kier alpha value is 0.660. The van der Waals surface area contributed by atoms with Gasteiger partial charge in [0.15, 0.2) is 0 Å². The van der Waals surface area contributed by atoms with Gasteiger partial charge in [-0.05, 0) is 30.7 Å². The van der Waals surface area contributed by atoms with Crippen LogP contribution in [0.1, 0.15) is 47.0 Å². The molecular weight excluding hydrogens is 391 g/mol. The lowest BCUT2D eigenvalue weighted by molar-refractivity contribution is -0.141. The van der Waals surface area contributed by atoms with Crippen LogP contribution in [0, 0.1) is 16.7 Å². The van der Waals surface area contributed by atoms with Gasteiger partial charge in [0, 0.05) is 21.6 Å². The minimum Gasteiger partial charge on any atom is -0.298 e. The van der Waals surface area contributed by atoms with E-state index in [1.165, 1.54) is 0 Å². The van der Waals surface area contributed by atoms with Crippen LogP contribution in [-0.2, 0) is 4.79 Å². The predicted octanol–water partition coefficient (Wildman–Crippen LogP) is 5.44. The number of rotatable bonds is 0. The van der Waals surface area contributed by atoms with Crippen LogP contribution in [0.25, 0.3) is 0 Å². The number of ketones is 1. The molecule has 108 valence electrons. The molecular formula is C15H21Br2ClO. The monoisotopic (exact) mass is 410 g/mol. The van der Waals surface area contributed by atoms with Crippen molar-refractivity contribution < 1.29 is 4.79 Å². The Kier molecular flexibility index (Phi) is 4.09. The van der Waals surface area contributed by atoms with Crippen molar-refractivity contribution in [2.45, 2.75) is 56.7 Å². The molecule has 0 aromatic heterocycles. The maximum atomic E-state index is 12.9. The van der Waals surface area contributed by atoms with Gasteiger partial charge in [-0.1, -0.05) is 58.7 Å². The number of Topliss-reactive ketones (excluding diaryl/α,β-unsaturated/α-hetero) is 1. The first kappa shape index (κ1) is 16.0. The molecule has 4 heteroatoms. The van der Waals surface area contributed by atoms with Crippen molar-refractivity contribution in [2.75, 3.05) is 0 Å². The van der Waals surface area contributed by atoms with Crippen LogP contribution >= 0.6 is 43.5 Å². The molecule has 3 unspecified atom stereocenters. The molecule has 1 saturated carbocycles. The number of alkyl halides is 2. The molecule has 0 radical (unpaired) electrons. The van der Waals surface area contributed by atoms with Gasteiger partial charge in [0.25, 0.3) is 0 Å². The Morgan fingerprint density at radius 3 is 2.42 bits per heavy atom. The molecule has 2 rings (SSSR count). The zero-order valence-corrected chi connectivity index (χ0v) is 15.8. The molecule has 19 heavy (non-hydrogen) atoms. The first-order valence-electron chi connectivity index (χ1n) is 6.80. The van der Waals surface area contributed by atoms with Gasteiger partial charge in [0.05, 0.1) is 4.87 Å². The fraction of sp³-hybridized carbons (Fsp3) is 0.800. The van der Waals surface area contributed by atoms with Crippen LogP contribution in [0.15, 0.2) is 10.6 Å². The maximum Gasteiger partial charge on any atom is 0.146 e. The molecule has 0 aliphatic heterocycles. The molecule has 0 N–H and O–H groups in total. The summed E-state index contributed by atoms with van der Waals surface area (Å²) in [5.74, 6) is 0.360. The number of halogens is 3. The smallest absolute Gasteiger partial charge is 0.146 e. The van der Waals surface area contributed by atoms with Gasteiger partial charge in [-0.25, -0.2) is 0 Å². The third kappa shape index (κ3) is 2.28. The van der Waals surface area contributed by atoms with Gasteiger partial charge < -0.3 is 0 Å². The second kappa shape index (κ2) is 4.84. The average Bonchev–Trinajstić information content (AvgIpc) is 2.30. The van der Waals surface area contributed by atoms with E-state index in [0.717, 1.165) is 23.7 Å². The van der Waals surface area contributed by atoms with Crippen molar-refractivity contribution in [1.82, 2.24) is 0 Å². The Labute approximate surface area is 137 Å². The Morgan fingerprint density at radius 2 is 1.89 bits per heavy atom. The van der Waals surface area contributed by atoms with Crippen LogP contribution < -0.4 is 0 Å². The summed E-state index contributed by atoms with van der Waals surface area (Å²) in [4.78, 5) is 12.8. The van der Waals surface area contributed by atoms with E-state index in [-0.39, 0.29) is 26.4 Å². The van der Waals surface area contributed by atoms with Gasteiger partial charge in [0.2, 0.25) is 0 Å². The van der Waals surface area contributed by atoms with E-state index in [4.69, 9.17) is 11.6 Å². The fourth-order valence-corrected chi connectivity index (χ4v) is 5.23. The zero-order valence-electron chi connectivity index (χ0n) is 11.9. The number of carbonyl (C=O) groups is 1. The van der Waals surface area contributed by atoms with Crippen LogP contribution in [0.3, 0.4) is 0 Å². The lowest BCUT2D eigenvalue weighted by Crippen LogP contribution is -2.56. The average molecular weight is 413 g/mol. The first-order valence-corrected chi connectivity index (χ1v) is 8.88. The van der Waals surface area contributed by atoms with Gasteiger partial charge in [-0.3, -0.25) is 4.79 Å². The van der Waals surface area contributed by atoms with E-state index in [2.05, 4.69) is 58.7 Å².